The van der Waals surface area contributed by atoms with Crippen molar-refractivity contribution >= 4 is 5.91 Å². The molecule has 0 saturated carbocycles. The highest BCUT2D eigenvalue weighted by Gasteiger charge is 2.00. The van der Waals surface area contributed by atoms with Crippen LogP contribution in [0, 0.1) is 0 Å². The second-order valence-corrected chi connectivity index (χ2v) is 6.00. The van der Waals surface area contributed by atoms with Crippen molar-refractivity contribution in [1.82, 2.24) is 0 Å². The van der Waals surface area contributed by atoms with Crippen molar-refractivity contribution in [2.24, 2.45) is 5.73 Å². The van der Waals surface area contributed by atoms with Crippen LogP contribution in [-0.2, 0) is 0 Å². The monoisotopic (exact) mass is 321 g/mol. The molecule has 1 aromatic carbocycles. The van der Waals surface area contributed by atoms with Crippen molar-refractivity contribution in [3.8, 4) is 5.75 Å². The maximum Gasteiger partial charge on any atom is 0.248 e. The van der Waals surface area contributed by atoms with Crippen LogP contribution in [-0.4, -0.2) is 24.2 Å². The molecule has 130 valence electrons. The summed E-state index contributed by atoms with van der Waals surface area (Å²) in [5, 5.41) is 8.69. The molecule has 0 heterocycles. The van der Waals surface area contributed by atoms with Gasteiger partial charge in [0.1, 0.15) is 5.75 Å². The van der Waals surface area contributed by atoms with Crippen LogP contribution in [0.1, 0.15) is 74.6 Å². The van der Waals surface area contributed by atoms with Gasteiger partial charge in [0.2, 0.25) is 5.91 Å². The Morgan fingerprint density at radius 2 is 1.30 bits per heavy atom. The number of aliphatic hydroxyl groups is 1. The van der Waals surface area contributed by atoms with Gasteiger partial charge in [-0.1, -0.05) is 51.4 Å². The summed E-state index contributed by atoms with van der Waals surface area (Å²) in [7, 11) is 0. The molecule has 3 N–H and O–H groups in total. The molecular weight excluding hydrogens is 290 g/mol. The van der Waals surface area contributed by atoms with Gasteiger partial charge < -0.3 is 15.6 Å². The Balaban J connectivity index is 1.90. The van der Waals surface area contributed by atoms with E-state index in [9.17, 15) is 4.79 Å². The van der Waals surface area contributed by atoms with E-state index in [1.54, 1.807) is 24.3 Å². The van der Waals surface area contributed by atoms with Gasteiger partial charge in [0.05, 0.1) is 6.61 Å². The lowest BCUT2D eigenvalue weighted by Crippen LogP contribution is -2.10. The largest absolute Gasteiger partial charge is 0.494 e. The number of hydrogen-bond acceptors (Lipinski definition) is 3. The first-order chi connectivity index (χ1) is 11.2. The third kappa shape index (κ3) is 9.95. The lowest BCUT2D eigenvalue weighted by atomic mass is 10.1. The van der Waals surface area contributed by atoms with Crippen molar-refractivity contribution in [2.45, 2.75) is 64.2 Å². The number of unbranched alkanes of at least 4 members (excludes halogenated alkanes) is 9. The van der Waals surface area contributed by atoms with Crippen LogP contribution >= 0.6 is 0 Å². The number of nitrogens with two attached hydrogens (primary N) is 1. The highest BCUT2D eigenvalue weighted by Crippen LogP contribution is 2.14. The van der Waals surface area contributed by atoms with Crippen LogP contribution in [0.15, 0.2) is 24.3 Å². The van der Waals surface area contributed by atoms with Crippen molar-refractivity contribution in [3.05, 3.63) is 29.8 Å². The van der Waals surface area contributed by atoms with E-state index in [-0.39, 0.29) is 0 Å². The van der Waals surface area contributed by atoms with Gasteiger partial charge in [0.25, 0.3) is 0 Å². The summed E-state index contributed by atoms with van der Waals surface area (Å²) in [5.41, 5.74) is 5.70. The zero-order valence-electron chi connectivity index (χ0n) is 14.1. The molecule has 0 bridgehead atoms. The first-order valence-corrected chi connectivity index (χ1v) is 8.87. The number of hydrogen-bond donors (Lipinski definition) is 2. The van der Waals surface area contributed by atoms with Crippen LogP contribution in [0.25, 0.3) is 0 Å². The van der Waals surface area contributed by atoms with Crippen molar-refractivity contribution in [1.29, 1.82) is 0 Å². The zero-order valence-corrected chi connectivity index (χ0v) is 14.1. The molecular formula is C19H31NO3. The predicted molar refractivity (Wildman–Crippen MR) is 93.7 cm³/mol. The smallest absolute Gasteiger partial charge is 0.248 e. The maximum atomic E-state index is 11.0. The van der Waals surface area contributed by atoms with Crippen molar-refractivity contribution < 1.29 is 14.6 Å². The fourth-order valence-corrected chi connectivity index (χ4v) is 2.53. The molecule has 0 radical (unpaired) electrons. The number of aliphatic hydroxyl groups excluding tert-OH is 1. The Hall–Kier alpha value is -1.55. The number of carbonyl (C=O) groups excluding carboxylic acids is 1. The summed E-state index contributed by atoms with van der Waals surface area (Å²) in [6.07, 6.45) is 12.1. The summed E-state index contributed by atoms with van der Waals surface area (Å²) in [5.74, 6) is 0.378. The lowest BCUT2D eigenvalue weighted by molar-refractivity contribution is 0.1000. The molecule has 0 aliphatic heterocycles. The van der Waals surface area contributed by atoms with E-state index in [4.69, 9.17) is 15.6 Å². The standard InChI is InChI=1S/C19H31NO3/c20-19(22)17-11-13-18(14-12-17)23-16-10-8-6-4-2-1-3-5-7-9-15-21/h11-14,21H,1-10,15-16H2,(H2,20,22). The van der Waals surface area contributed by atoms with E-state index in [0.717, 1.165) is 31.6 Å². The highest BCUT2D eigenvalue weighted by atomic mass is 16.5. The van der Waals surface area contributed by atoms with E-state index in [1.165, 1.54) is 44.9 Å². The molecule has 4 nitrogen and oxygen atoms in total. The lowest BCUT2D eigenvalue weighted by Gasteiger charge is -2.06. The molecule has 0 fully saturated rings. The Bertz CT molecular complexity index is 417. The van der Waals surface area contributed by atoms with Crippen LogP contribution < -0.4 is 10.5 Å². The topological polar surface area (TPSA) is 72.6 Å². The number of benzene rings is 1. The second-order valence-electron chi connectivity index (χ2n) is 6.00. The third-order valence-corrected chi connectivity index (χ3v) is 3.96. The number of primary amides is 1. The van der Waals surface area contributed by atoms with E-state index in [0.29, 0.717) is 12.2 Å². The second kappa shape index (κ2) is 12.9. The first kappa shape index (κ1) is 19.5. The SMILES string of the molecule is NC(=O)c1ccc(OCCCCCCCCCCCCO)cc1. The summed E-state index contributed by atoms with van der Waals surface area (Å²) in [6, 6.07) is 6.96. The van der Waals surface area contributed by atoms with E-state index < -0.39 is 5.91 Å². The summed E-state index contributed by atoms with van der Waals surface area (Å²) < 4.78 is 5.65. The minimum atomic E-state index is -0.412. The molecule has 1 amide bonds. The minimum absolute atomic E-state index is 0.331. The molecule has 4 heteroatoms. The molecule has 0 aliphatic rings. The molecule has 0 spiro atoms. The van der Waals surface area contributed by atoms with Gasteiger partial charge in [0, 0.05) is 12.2 Å². The fourth-order valence-electron chi connectivity index (χ4n) is 2.53. The van der Waals surface area contributed by atoms with Gasteiger partial charge in [-0.25, -0.2) is 0 Å². The Morgan fingerprint density at radius 1 is 0.826 bits per heavy atom. The number of carbonyl (C=O) groups is 1. The number of rotatable bonds is 14. The average molecular weight is 321 g/mol. The Labute approximate surface area is 140 Å². The summed E-state index contributed by atoms with van der Waals surface area (Å²) >= 11 is 0. The Morgan fingerprint density at radius 3 is 1.78 bits per heavy atom. The van der Waals surface area contributed by atoms with Gasteiger partial charge in [-0.3, -0.25) is 4.79 Å². The van der Waals surface area contributed by atoms with Gasteiger partial charge in [-0.2, -0.15) is 0 Å². The van der Waals surface area contributed by atoms with Crippen LogP contribution in [0.4, 0.5) is 0 Å². The van der Waals surface area contributed by atoms with E-state index in [2.05, 4.69) is 0 Å². The molecule has 1 aromatic rings. The molecule has 0 aliphatic carbocycles. The summed E-state index contributed by atoms with van der Waals surface area (Å²) in [4.78, 5) is 11.0. The third-order valence-electron chi connectivity index (χ3n) is 3.96. The molecule has 23 heavy (non-hydrogen) atoms. The molecule has 0 saturated heterocycles. The molecule has 0 aromatic heterocycles. The van der Waals surface area contributed by atoms with Gasteiger partial charge >= 0.3 is 0 Å². The zero-order chi connectivity index (χ0) is 16.8. The molecule has 0 unspecified atom stereocenters. The first-order valence-electron chi connectivity index (χ1n) is 8.87. The summed E-state index contributed by atoms with van der Waals surface area (Å²) in [6.45, 7) is 1.05. The fraction of sp³-hybridized carbons (Fsp3) is 0.632. The van der Waals surface area contributed by atoms with Crippen LogP contribution in [0.3, 0.4) is 0 Å². The van der Waals surface area contributed by atoms with Crippen LogP contribution in [0.2, 0.25) is 0 Å². The van der Waals surface area contributed by atoms with Crippen LogP contribution in [0.5, 0.6) is 5.75 Å². The van der Waals surface area contributed by atoms with E-state index in [1.807, 2.05) is 0 Å². The number of amides is 1. The van der Waals surface area contributed by atoms with Gasteiger partial charge in [0.15, 0.2) is 0 Å². The average Bonchev–Trinajstić information content (AvgIpc) is 2.56. The normalized spacial score (nSPS) is 10.7. The minimum Gasteiger partial charge on any atom is -0.494 e. The maximum absolute atomic E-state index is 11.0. The van der Waals surface area contributed by atoms with Crippen molar-refractivity contribution in [2.75, 3.05) is 13.2 Å². The van der Waals surface area contributed by atoms with Crippen molar-refractivity contribution in [3.63, 3.8) is 0 Å². The quantitative estimate of drug-likeness (QED) is 0.508. The molecule has 1 rings (SSSR count). The van der Waals surface area contributed by atoms with Gasteiger partial charge in [-0.05, 0) is 37.1 Å². The van der Waals surface area contributed by atoms with Gasteiger partial charge in [-0.15, -0.1) is 0 Å². The number of ether oxygens (including phenoxy) is 1. The highest BCUT2D eigenvalue weighted by molar-refractivity contribution is 5.92. The van der Waals surface area contributed by atoms with E-state index >= 15 is 0 Å². The molecule has 0 atom stereocenters. The Kier molecular flexibility index (Phi) is 11.0. The predicted octanol–water partition coefficient (Wildman–Crippen LogP) is 4.06.